The van der Waals surface area contributed by atoms with E-state index < -0.39 is 0 Å². The molecule has 0 aromatic heterocycles. The molecule has 0 aromatic rings. The first-order valence-corrected chi connectivity index (χ1v) is 7.70. The molecule has 0 aliphatic carbocycles. The van der Waals surface area contributed by atoms with Gasteiger partial charge in [0.2, 0.25) is 0 Å². The summed E-state index contributed by atoms with van der Waals surface area (Å²) in [6.07, 6.45) is 4.25. The molecule has 106 valence electrons. The summed E-state index contributed by atoms with van der Waals surface area (Å²) in [5.41, 5.74) is 0.642. The Balaban J connectivity index is 2.22. The maximum atomic E-state index is 2.79. The minimum atomic E-state index is 0.321. The third kappa shape index (κ3) is 3.08. The minimum absolute atomic E-state index is 0.321. The van der Waals surface area contributed by atoms with Gasteiger partial charge in [-0.15, -0.1) is 0 Å². The second-order valence-electron chi connectivity index (χ2n) is 8.35. The van der Waals surface area contributed by atoms with E-state index in [1.54, 1.807) is 0 Å². The Kier molecular flexibility index (Phi) is 3.81. The van der Waals surface area contributed by atoms with Crippen molar-refractivity contribution in [1.29, 1.82) is 0 Å². The maximum absolute atomic E-state index is 2.79. The molecule has 0 spiro atoms. The highest BCUT2D eigenvalue weighted by Gasteiger charge is 2.39. The lowest BCUT2D eigenvalue weighted by Gasteiger charge is -2.43. The monoisotopic (exact) mass is 252 g/mol. The third-order valence-electron chi connectivity index (χ3n) is 4.77. The van der Waals surface area contributed by atoms with Crippen molar-refractivity contribution < 1.29 is 0 Å². The summed E-state index contributed by atoms with van der Waals surface area (Å²) in [7, 11) is 0. The number of fused-ring (bicyclic) bond motifs is 3. The molecule has 2 nitrogen and oxygen atoms in total. The van der Waals surface area contributed by atoms with Crippen molar-refractivity contribution in [2.24, 2.45) is 5.92 Å². The largest absolute Gasteiger partial charge is 0.297 e. The molecule has 0 saturated carbocycles. The fourth-order valence-electron chi connectivity index (χ4n) is 3.67. The molecule has 0 amide bonds. The van der Waals surface area contributed by atoms with Crippen molar-refractivity contribution in [2.75, 3.05) is 19.6 Å². The van der Waals surface area contributed by atoms with Crippen LogP contribution in [-0.4, -0.2) is 46.6 Å². The van der Waals surface area contributed by atoms with E-state index in [1.165, 1.54) is 38.9 Å². The summed E-state index contributed by atoms with van der Waals surface area (Å²) in [5.74, 6) is 0.871. The Hall–Kier alpha value is -0.0800. The number of hydrogen-bond acceptors (Lipinski definition) is 2. The molecule has 2 unspecified atom stereocenters. The molecule has 0 radical (unpaired) electrons. The van der Waals surface area contributed by atoms with E-state index in [9.17, 15) is 0 Å². The number of nitrogens with zero attached hydrogens (tertiary/aromatic N) is 2. The van der Waals surface area contributed by atoms with Crippen LogP contribution in [-0.2, 0) is 0 Å². The summed E-state index contributed by atoms with van der Waals surface area (Å²) in [5, 5.41) is 0. The van der Waals surface area contributed by atoms with Crippen molar-refractivity contribution in [3.05, 3.63) is 0 Å². The van der Waals surface area contributed by atoms with E-state index in [0.29, 0.717) is 11.1 Å². The van der Waals surface area contributed by atoms with Gasteiger partial charge in [-0.3, -0.25) is 9.80 Å². The quantitative estimate of drug-likeness (QED) is 0.652. The van der Waals surface area contributed by atoms with Crippen LogP contribution in [0.15, 0.2) is 0 Å². The predicted octanol–water partition coefficient (Wildman–Crippen LogP) is 3.37. The predicted molar refractivity (Wildman–Crippen MR) is 78.9 cm³/mol. The molecule has 2 aliphatic heterocycles. The summed E-state index contributed by atoms with van der Waals surface area (Å²) in [6.45, 7) is 18.1. The van der Waals surface area contributed by atoms with E-state index in [0.717, 1.165) is 12.0 Å². The van der Waals surface area contributed by atoms with Crippen molar-refractivity contribution >= 4 is 0 Å². The molecule has 2 heteroatoms. The molecular formula is C16H32N2. The smallest absolute Gasteiger partial charge is 0.0228 e. The summed E-state index contributed by atoms with van der Waals surface area (Å²) in [4.78, 5) is 5.52. The minimum Gasteiger partial charge on any atom is -0.297 e. The highest BCUT2D eigenvalue weighted by molar-refractivity contribution is 4.95. The first-order chi connectivity index (χ1) is 8.18. The van der Waals surface area contributed by atoms with E-state index in [-0.39, 0.29) is 0 Å². The first-order valence-electron chi connectivity index (χ1n) is 7.70. The zero-order chi connectivity index (χ0) is 13.6. The van der Waals surface area contributed by atoms with Crippen molar-refractivity contribution in [3.63, 3.8) is 0 Å². The summed E-state index contributed by atoms with van der Waals surface area (Å²) in [6, 6.07) is 0.761. The van der Waals surface area contributed by atoms with Crippen LogP contribution in [0, 0.1) is 5.92 Å². The molecule has 2 rings (SSSR count). The van der Waals surface area contributed by atoms with Crippen LogP contribution in [0.25, 0.3) is 0 Å². The van der Waals surface area contributed by atoms with Gasteiger partial charge in [0, 0.05) is 36.8 Å². The van der Waals surface area contributed by atoms with Gasteiger partial charge in [0.25, 0.3) is 0 Å². The maximum Gasteiger partial charge on any atom is 0.0228 e. The second-order valence-corrected chi connectivity index (χ2v) is 8.35. The second kappa shape index (κ2) is 4.79. The zero-order valence-electron chi connectivity index (χ0n) is 13.3. The highest BCUT2D eigenvalue weighted by Crippen LogP contribution is 2.33. The van der Waals surface area contributed by atoms with E-state index >= 15 is 0 Å². The molecule has 0 aromatic carbocycles. The zero-order valence-corrected chi connectivity index (χ0v) is 13.3. The van der Waals surface area contributed by atoms with Gasteiger partial charge in [-0.25, -0.2) is 0 Å². The highest BCUT2D eigenvalue weighted by atomic mass is 15.3. The van der Waals surface area contributed by atoms with Gasteiger partial charge in [0.1, 0.15) is 0 Å². The Morgan fingerprint density at radius 1 is 0.778 bits per heavy atom. The van der Waals surface area contributed by atoms with Gasteiger partial charge < -0.3 is 0 Å². The van der Waals surface area contributed by atoms with Gasteiger partial charge >= 0.3 is 0 Å². The van der Waals surface area contributed by atoms with Crippen LogP contribution in [0.2, 0.25) is 0 Å². The number of rotatable bonds is 0. The lowest BCUT2D eigenvalue weighted by Crippen LogP contribution is -2.52. The lowest BCUT2D eigenvalue weighted by atomic mass is 9.95. The molecule has 0 N–H and O–H groups in total. The van der Waals surface area contributed by atoms with Crippen LogP contribution in [0.5, 0.6) is 0 Å². The number of hydrogen-bond donors (Lipinski definition) is 0. The molecule has 18 heavy (non-hydrogen) atoms. The SMILES string of the molecule is CC(C)(C)N1CC2CCCC(C1)N(C(C)(C)C)C2. The Labute approximate surface area is 114 Å². The fourth-order valence-corrected chi connectivity index (χ4v) is 3.67. The van der Waals surface area contributed by atoms with Crippen molar-refractivity contribution in [1.82, 2.24) is 9.80 Å². The molecule has 2 aliphatic rings. The molecule has 2 saturated heterocycles. The van der Waals surface area contributed by atoms with Crippen molar-refractivity contribution in [3.8, 4) is 0 Å². The Morgan fingerprint density at radius 3 is 2.00 bits per heavy atom. The standard InChI is InChI=1S/C16H32N2/c1-15(2,3)17-10-13-8-7-9-14(12-17)18(11-13)16(4,5)6/h13-14H,7-12H2,1-6H3. The van der Waals surface area contributed by atoms with Gasteiger partial charge in [-0.1, -0.05) is 6.42 Å². The van der Waals surface area contributed by atoms with Crippen LogP contribution >= 0.6 is 0 Å². The Morgan fingerprint density at radius 2 is 1.44 bits per heavy atom. The van der Waals surface area contributed by atoms with E-state index in [2.05, 4.69) is 51.3 Å². The first kappa shape index (κ1) is 14.3. The summed E-state index contributed by atoms with van der Waals surface area (Å²) < 4.78 is 0. The average Bonchev–Trinajstić information content (AvgIpc) is 2.42. The molecule has 2 fully saturated rings. The lowest BCUT2D eigenvalue weighted by molar-refractivity contribution is 0.0595. The average molecular weight is 252 g/mol. The third-order valence-corrected chi connectivity index (χ3v) is 4.77. The van der Waals surface area contributed by atoms with E-state index in [4.69, 9.17) is 0 Å². The molecule has 2 bridgehead atoms. The topological polar surface area (TPSA) is 6.48 Å². The molecule has 2 heterocycles. The molecule has 2 atom stereocenters. The van der Waals surface area contributed by atoms with Crippen molar-refractivity contribution in [2.45, 2.75) is 77.9 Å². The van der Waals surface area contributed by atoms with E-state index in [1.807, 2.05) is 0 Å². The van der Waals surface area contributed by atoms with Crippen LogP contribution < -0.4 is 0 Å². The Bertz CT molecular complexity index is 284. The number of likely N-dealkylation sites (tertiary alicyclic amines) is 1. The fraction of sp³-hybridized carbons (Fsp3) is 1.00. The van der Waals surface area contributed by atoms with Crippen LogP contribution in [0.3, 0.4) is 0 Å². The molecular weight excluding hydrogens is 220 g/mol. The van der Waals surface area contributed by atoms with Crippen LogP contribution in [0.4, 0.5) is 0 Å². The van der Waals surface area contributed by atoms with Gasteiger partial charge in [-0.2, -0.15) is 0 Å². The van der Waals surface area contributed by atoms with Gasteiger partial charge in [-0.05, 0) is 60.3 Å². The van der Waals surface area contributed by atoms with Gasteiger partial charge in [0.05, 0.1) is 0 Å². The van der Waals surface area contributed by atoms with Gasteiger partial charge in [0.15, 0.2) is 0 Å². The summed E-state index contributed by atoms with van der Waals surface area (Å²) >= 11 is 0. The normalized spacial score (nSPS) is 32.3. The van der Waals surface area contributed by atoms with Crippen LogP contribution in [0.1, 0.15) is 60.8 Å².